The zero-order valence-corrected chi connectivity index (χ0v) is 47.9. The molecule has 0 saturated carbocycles. The first kappa shape index (κ1) is 56.2. The Labute approximate surface area is 460 Å². The molecule has 0 radical (unpaired) electrons. The summed E-state index contributed by atoms with van der Waals surface area (Å²) in [5, 5.41) is 15.6. The third-order valence-electron chi connectivity index (χ3n) is 18.4. The lowest BCUT2D eigenvalue weighted by Crippen LogP contribution is -2.10. The minimum atomic E-state index is -0.888. The van der Waals surface area contributed by atoms with Gasteiger partial charge in [-0.25, -0.2) is 26.3 Å². The molecule has 6 heteroatoms. The lowest BCUT2D eigenvalue weighted by Gasteiger charge is -2.32. The SMILES string of the molecule is CCCCCCc1c(CCCCCC)c2c3cc(F)c(F)cc3c3c(CCCCCC)c(CCCCCC)c4c5cc(F)c(F)cc5c5c(CCCCCC)c(CCCCCC)c6c7cc(F)c(F)cc7c1c1c2c3c4c5c61. The molecule has 0 nitrogen and oxygen atoms in total. The highest BCUT2D eigenvalue weighted by atomic mass is 19.2. The molecule has 10 aromatic carbocycles. The summed E-state index contributed by atoms with van der Waals surface area (Å²) < 4.78 is 100. The zero-order chi connectivity index (χ0) is 54.8. The van der Waals surface area contributed by atoms with E-state index < -0.39 is 34.9 Å². The van der Waals surface area contributed by atoms with E-state index in [4.69, 9.17) is 0 Å². The third-order valence-corrected chi connectivity index (χ3v) is 18.4. The molecule has 0 unspecified atom stereocenters. The maximum atomic E-state index is 16.7. The Hall–Kier alpha value is -5.10. The summed E-state index contributed by atoms with van der Waals surface area (Å²) in [6, 6.07) is 8.85. The largest absolute Gasteiger partial charge is 0.204 e. The van der Waals surface area contributed by atoms with Crippen molar-refractivity contribution in [2.75, 3.05) is 0 Å². The number of hydrogen-bond donors (Lipinski definition) is 0. The lowest BCUT2D eigenvalue weighted by molar-refractivity contribution is 0.511. The van der Waals surface area contributed by atoms with Gasteiger partial charge in [-0.05, 0) is 244 Å². The van der Waals surface area contributed by atoms with Crippen molar-refractivity contribution in [1.29, 1.82) is 0 Å². The highest BCUT2D eigenvalue weighted by molar-refractivity contribution is 6.54. The van der Waals surface area contributed by atoms with Crippen LogP contribution in [-0.4, -0.2) is 0 Å². The Bertz CT molecular complexity index is 3070. The minimum absolute atomic E-state index is 0.685. The van der Waals surface area contributed by atoms with Crippen molar-refractivity contribution >= 4 is 97.0 Å². The quantitative estimate of drug-likeness (QED) is 0.0182. The molecule has 0 aliphatic heterocycles. The molecule has 10 rings (SSSR count). The van der Waals surface area contributed by atoms with Gasteiger partial charge in [0, 0.05) is 0 Å². The van der Waals surface area contributed by atoms with Gasteiger partial charge in [0.25, 0.3) is 0 Å². The van der Waals surface area contributed by atoms with Crippen molar-refractivity contribution in [2.45, 2.75) is 234 Å². The average molecular weight is 1060 g/mol. The molecule has 0 aliphatic carbocycles. The van der Waals surface area contributed by atoms with Crippen molar-refractivity contribution in [2.24, 2.45) is 0 Å². The van der Waals surface area contributed by atoms with Gasteiger partial charge in [-0.2, -0.15) is 0 Å². The zero-order valence-electron chi connectivity index (χ0n) is 47.9. The molecule has 0 heterocycles. The number of benzene rings is 10. The van der Waals surface area contributed by atoms with Crippen molar-refractivity contribution in [3.8, 4) is 0 Å². The second-order valence-corrected chi connectivity index (χ2v) is 23.7. The summed E-state index contributed by atoms with van der Waals surface area (Å²) in [5.41, 5.74) is 6.56. The average Bonchev–Trinajstić information content (AvgIpc) is 2.74. The summed E-state index contributed by atoms with van der Waals surface area (Å²) in [4.78, 5) is 0. The van der Waals surface area contributed by atoms with Crippen LogP contribution in [0.25, 0.3) is 97.0 Å². The van der Waals surface area contributed by atoms with Crippen LogP contribution in [0, 0.1) is 34.9 Å². The first-order chi connectivity index (χ1) is 38.1. The Morgan fingerprint density at radius 3 is 0.462 bits per heavy atom. The second-order valence-electron chi connectivity index (χ2n) is 23.7. The topological polar surface area (TPSA) is 0 Å². The third kappa shape index (κ3) is 9.92. The molecule has 0 atom stereocenters. The van der Waals surface area contributed by atoms with Gasteiger partial charge in [0.2, 0.25) is 0 Å². The van der Waals surface area contributed by atoms with Gasteiger partial charge in [0.05, 0.1) is 0 Å². The number of aryl methyl sites for hydroxylation is 6. The smallest absolute Gasteiger partial charge is 0.159 e. The minimum Gasteiger partial charge on any atom is -0.204 e. The van der Waals surface area contributed by atoms with Gasteiger partial charge in [-0.15, -0.1) is 0 Å². The highest BCUT2D eigenvalue weighted by Gasteiger charge is 2.35. The first-order valence-corrected chi connectivity index (χ1v) is 31.2. The Morgan fingerprint density at radius 2 is 0.333 bits per heavy atom. The summed E-state index contributed by atoms with van der Waals surface area (Å²) in [6.07, 6.45) is 28.0. The number of rotatable bonds is 30. The van der Waals surface area contributed by atoms with Crippen LogP contribution in [0.1, 0.15) is 229 Å². The maximum absolute atomic E-state index is 16.7. The molecular formula is C72H84F6. The Kier molecular flexibility index (Phi) is 17.8. The van der Waals surface area contributed by atoms with Gasteiger partial charge >= 0.3 is 0 Å². The van der Waals surface area contributed by atoms with E-state index >= 15 is 26.3 Å². The molecule has 0 saturated heterocycles. The van der Waals surface area contributed by atoms with E-state index in [9.17, 15) is 0 Å². The number of unbranched alkanes of at least 4 members (excludes halogenated alkanes) is 18. The first-order valence-electron chi connectivity index (χ1n) is 31.2. The van der Waals surface area contributed by atoms with E-state index in [2.05, 4.69) is 41.5 Å². The summed E-state index contributed by atoms with van der Waals surface area (Å²) >= 11 is 0. The van der Waals surface area contributed by atoms with E-state index in [1.165, 1.54) is 36.4 Å². The van der Waals surface area contributed by atoms with Crippen LogP contribution in [0.5, 0.6) is 0 Å². The standard InChI is InChI=1S/C72H84F6/c1-7-13-19-25-31-43-44(32-26-20-14-8-2)62-51-39-57(75)58(76)40-52(51)64-47(35-29-23-17-11-5)48(36-30-24-18-12-6)66-54-42-60(78)59(77)41-53(54)65-46(34-28-22-16-10-4)45(33-27-21-15-9-3)63-50-38-56(74)55(73)37-49(50)61(43)67-68(62)70(64)72(66)71(65)69(63)67/h37-42H,7-36H2,1-6H3. The molecule has 0 bridgehead atoms. The molecule has 414 valence electrons. The fourth-order valence-electron chi connectivity index (χ4n) is 14.8. The van der Waals surface area contributed by atoms with Gasteiger partial charge in [-0.3, -0.25) is 0 Å². The van der Waals surface area contributed by atoms with E-state index in [1.807, 2.05) is 0 Å². The number of fused-ring (bicyclic) bond motifs is 9. The van der Waals surface area contributed by atoms with Crippen molar-refractivity contribution in [3.05, 3.63) is 105 Å². The maximum Gasteiger partial charge on any atom is 0.159 e. The predicted molar refractivity (Wildman–Crippen MR) is 324 cm³/mol. The van der Waals surface area contributed by atoms with Crippen LogP contribution in [0.15, 0.2) is 36.4 Å². The fourth-order valence-corrected chi connectivity index (χ4v) is 14.8. The van der Waals surface area contributed by atoms with Crippen LogP contribution in [-0.2, 0) is 38.5 Å². The normalized spacial score (nSPS) is 12.6. The summed E-state index contributed by atoms with van der Waals surface area (Å²) in [6.45, 7) is 13.2. The highest BCUT2D eigenvalue weighted by Crippen LogP contribution is 2.60. The van der Waals surface area contributed by atoms with Gasteiger partial charge in [-0.1, -0.05) is 157 Å². The fraction of sp³-hybridized carbons (Fsp3) is 0.500. The molecular weight excluding hydrogens is 979 g/mol. The molecule has 0 N–H and O–H groups in total. The number of hydrogen-bond acceptors (Lipinski definition) is 0. The van der Waals surface area contributed by atoms with Crippen molar-refractivity contribution in [1.82, 2.24) is 0 Å². The van der Waals surface area contributed by atoms with Crippen LogP contribution < -0.4 is 0 Å². The van der Waals surface area contributed by atoms with Gasteiger partial charge in [0.1, 0.15) is 0 Å². The molecule has 0 aromatic heterocycles. The van der Waals surface area contributed by atoms with Crippen LogP contribution in [0.2, 0.25) is 0 Å². The van der Waals surface area contributed by atoms with Crippen molar-refractivity contribution in [3.63, 3.8) is 0 Å². The molecule has 10 aromatic rings. The lowest BCUT2D eigenvalue weighted by atomic mass is 9.70. The number of halogens is 6. The summed E-state index contributed by atoms with van der Waals surface area (Å²) in [7, 11) is 0. The molecule has 0 fully saturated rings. The van der Waals surface area contributed by atoms with Gasteiger partial charge in [0.15, 0.2) is 34.9 Å². The van der Waals surface area contributed by atoms with E-state index in [0.29, 0.717) is 70.8 Å². The van der Waals surface area contributed by atoms with E-state index in [1.54, 1.807) is 0 Å². The molecule has 0 spiro atoms. The van der Waals surface area contributed by atoms with Gasteiger partial charge < -0.3 is 0 Å². The monoisotopic (exact) mass is 1060 g/mol. The van der Waals surface area contributed by atoms with Crippen LogP contribution in [0.3, 0.4) is 0 Å². The Morgan fingerprint density at radius 1 is 0.192 bits per heavy atom. The van der Waals surface area contributed by atoms with Crippen LogP contribution in [0.4, 0.5) is 26.3 Å². The second kappa shape index (κ2) is 24.7. The molecule has 0 amide bonds. The molecule has 78 heavy (non-hydrogen) atoms. The van der Waals surface area contributed by atoms with Crippen molar-refractivity contribution < 1.29 is 26.3 Å². The van der Waals surface area contributed by atoms with Crippen LogP contribution >= 0.6 is 0 Å². The molecule has 0 aliphatic rings. The predicted octanol–water partition coefficient (Wildman–Crippen LogP) is 24.0. The summed E-state index contributed by atoms with van der Waals surface area (Å²) in [5.74, 6) is -5.33. The van der Waals surface area contributed by atoms with E-state index in [0.717, 1.165) is 252 Å². The van der Waals surface area contributed by atoms with E-state index in [-0.39, 0.29) is 0 Å². The Balaban J connectivity index is 1.59.